The number of halogens is 4. The smallest absolute Gasteiger partial charge is 0.416 e. The van der Waals surface area contributed by atoms with Crippen molar-refractivity contribution in [3.8, 4) is 0 Å². The first kappa shape index (κ1) is 24.5. The maximum Gasteiger partial charge on any atom is 0.416 e. The predicted octanol–water partition coefficient (Wildman–Crippen LogP) is 5.06. The van der Waals surface area contributed by atoms with Crippen molar-refractivity contribution in [1.29, 1.82) is 0 Å². The number of nitro groups is 1. The normalized spacial score (nSPS) is 14.7. The number of nitrogens with one attached hydrogen (secondary N) is 1. The number of carbonyl (C=O) groups is 1. The maximum absolute atomic E-state index is 13.3. The highest BCUT2D eigenvalue weighted by Crippen LogP contribution is 2.35. The van der Waals surface area contributed by atoms with Gasteiger partial charge in [0.2, 0.25) is 5.28 Å². The van der Waals surface area contributed by atoms with Crippen LogP contribution in [-0.2, 0) is 19.0 Å². The number of amides is 1. The van der Waals surface area contributed by atoms with Gasteiger partial charge in [0, 0.05) is 37.2 Å². The number of alkyl halides is 3. The van der Waals surface area contributed by atoms with Gasteiger partial charge in [0.15, 0.2) is 0 Å². The average Bonchev–Trinajstić information content (AvgIpc) is 3.25. The maximum atomic E-state index is 13.3. The molecule has 13 heteroatoms. The zero-order chi connectivity index (χ0) is 25.3. The van der Waals surface area contributed by atoms with Crippen LogP contribution in [0.2, 0.25) is 5.28 Å². The van der Waals surface area contributed by atoms with Crippen molar-refractivity contribution in [1.82, 2.24) is 14.9 Å². The molecule has 0 aliphatic carbocycles. The number of furan rings is 1. The van der Waals surface area contributed by atoms with Crippen LogP contribution in [0.15, 0.2) is 41.2 Å². The molecule has 1 aromatic carbocycles. The van der Waals surface area contributed by atoms with Crippen molar-refractivity contribution in [2.45, 2.75) is 32.0 Å². The lowest BCUT2D eigenvalue weighted by molar-refractivity contribution is -0.385. The molecule has 3 heterocycles. The second-order valence-electron chi connectivity index (χ2n) is 8.00. The van der Waals surface area contributed by atoms with Crippen LogP contribution in [0.4, 0.5) is 24.7 Å². The number of nitro benzene ring substituents is 1. The number of rotatable bonds is 5. The summed E-state index contributed by atoms with van der Waals surface area (Å²) < 4.78 is 44.9. The van der Waals surface area contributed by atoms with Crippen LogP contribution in [0.5, 0.6) is 0 Å². The highest BCUT2D eigenvalue weighted by Gasteiger charge is 2.33. The third kappa shape index (κ3) is 5.37. The number of hydrogen-bond donors (Lipinski definition) is 1. The molecule has 1 amide bonds. The summed E-state index contributed by atoms with van der Waals surface area (Å²) in [7, 11) is 0. The van der Waals surface area contributed by atoms with Gasteiger partial charge in [-0.25, -0.2) is 9.97 Å². The molecule has 35 heavy (non-hydrogen) atoms. The molecule has 1 atom stereocenters. The number of nitrogens with zero attached hydrogens (tertiary/aromatic N) is 4. The van der Waals surface area contributed by atoms with Crippen molar-refractivity contribution in [3.63, 3.8) is 0 Å². The first-order valence-corrected chi connectivity index (χ1v) is 10.9. The van der Waals surface area contributed by atoms with Crippen molar-refractivity contribution in [2.24, 2.45) is 0 Å². The van der Waals surface area contributed by atoms with E-state index >= 15 is 0 Å². The third-order valence-corrected chi connectivity index (χ3v) is 5.87. The van der Waals surface area contributed by atoms with E-state index in [1.807, 2.05) is 0 Å². The Morgan fingerprint density at radius 1 is 1.26 bits per heavy atom. The summed E-state index contributed by atoms with van der Waals surface area (Å²) in [5, 5.41) is 14.2. The summed E-state index contributed by atoms with van der Waals surface area (Å²) in [5.74, 6) is 0.0925. The minimum absolute atomic E-state index is 0.0559. The first-order chi connectivity index (χ1) is 16.5. The minimum atomic E-state index is -4.75. The SMILES string of the molecule is C[C@@H](Nc1nc(Cl)nc2c1CCN(C(=O)c1ccoc1)CC2)c1cc([N+](=O)[O-])cc(C(F)(F)F)c1. The van der Waals surface area contributed by atoms with Crippen LogP contribution >= 0.6 is 11.6 Å². The second kappa shape index (κ2) is 9.53. The molecule has 4 rings (SSSR count). The fourth-order valence-corrected chi connectivity index (χ4v) is 4.09. The molecular weight excluding hydrogens is 491 g/mol. The summed E-state index contributed by atoms with van der Waals surface area (Å²) in [5.41, 5.74) is -0.0410. The number of benzene rings is 1. The Balaban J connectivity index is 1.61. The Morgan fingerprint density at radius 2 is 2.00 bits per heavy atom. The quantitative estimate of drug-likeness (QED) is 0.290. The Morgan fingerprint density at radius 3 is 2.66 bits per heavy atom. The van der Waals surface area contributed by atoms with Gasteiger partial charge in [0.05, 0.1) is 34.0 Å². The van der Waals surface area contributed by atoms with Crippen LogP contribution in [-0.4, -0.2) is 38.8 Å². The van der Waals surface area contributed by atoms with E-state index in [0.717, 1.165) is 12.1 Å². The molecule has 184 valence electrons. The Bertz CT molecular complexity index is 1270. The molecular formula is C22H19ClF3N5O4. The monoisotopic (exact) mass is 509 g/mol. The number of non-ortho nitro benzene ring substituents is 1. The molecule has 0 bridgehead atoms. The van der Waals surface area contributed by atoms with Crippen LogP contribution < -0.4 is 5.32 Å². The standard InChI is InChI=1S/C22H19ClF3N5O4/c1-12(14-8-15(22(24,25)26)10-16(9-14)31(33)34)27-19-17-2-5-30(20(32)13-4-7-35-11-13)6-3-18(17)28-21(23)29-19/h4,7-12H,2-3,5-6H2,1H3,(H,27,28,29)/t12-/m1/s1. The fourth-order valence-electron chi connectivity index (χ4n) is 3.90. The highest BCUT2D eigenvalue weighted by atomic mass is 35.5. The molecule has 1 aliphatic rings. The van der Waals surface area contributed by atoms with E-state index in [0.29, 0.717) is 54.6 Å². The Kier molecular flexibility index (Phi) is 6.66. The van der Waals surface area contributed by atoms with Gasteiger partial charge in [-0.3, -0.25) is 14.9 Å². The summed E-state index contributed by atoms with van der Waals surface area (Å²) in [6.45, 7) is 2.28. The summed E-state index contributed by atoms with van der Waals surface area (Å²) in [6.07, 6.45) is -1.22. The fraction of sp³-hybridized carbons (Fsp3) is 0.318. The van der Waals surface area contributed by atoms with E-state index in [4.69, 9.17) is 16.0 Å². The molecule has 0 saturated heterocycles. The number of anilines is 1. The number of fused-ring (bicyclic) bond motifs is 1. The van der Waals surface area contributed by atoms with Crippen LogP contribution in [0, 0.1) is 10.1 Å². The van der Waals surface area contributed by atoms with Gasteiger partial charge < -0.3 is 14.6 Å². The van der Waals surface area contributed by atoms with Crippen LogP contribution in [0.25, 0.3) is 0 Å². The van der Waals surface area contributed by atoms with Gasteiger partial charge in [0.1, 0.15) is 12.1 Å². The molecule has 0 unspecified atom stereocenters. The first-order valence-electron chi connectivity index (χ1n) is 10.5. The molecule has 1 aliphatic heterocycles. The van der Waals surface area contributed by atoms with Crippen molar-refractivity contribution >= 4 is 29.0 Å². The summed E-state index contributed by atoms with van der Waals surface area (Å²) >= 11 is 6.10. The van der Waals surface area contributed by atoms with Crippen molar-refractivity contribution in [3.05, 3.63) is 80.1 Å². The Labute approximate surface area is 202 Å². The zero-order valence-electron chi connectivity index (χ0n) is 18.3. The Hall–Kier alpha value is -3.67. The van der Waals surface area contributed by atoms with E-state index in [2.05, 4.69) is 15.3 Å². The van der Waals surface area contributed by atoms with E-state index in [9.17, 15) is 28.1 Å². The lowest BCUT2D eigenvalue weighted by Crippen LogP contribution is -2.33. The van der Waals surface area contributed by atoms with Gasteiger partial charge in [-0.05, 0) is 42.6 Å². The molecule has 9 nitrogen and oxygen atoms in total. The van der Waals surface area contributed by atoms with Gasteiger partial charge in [-0.2, -0.15) is 13.2 Å². The summed E-state index contributed by atoms with van der Waals surface area (Å²) in [4.78, 5) is 33.2. The summed E-state index contributed by atoms with van der Waals surface area (Å²) in [6, 6.07) is 3.23. The molecule has 0 radical (unpaired) electrons. The minimum Gasteiger partial charge on any atom is -0.472 e. The van der Waals surface area contributed by atoms with Crippen molar-refractivity contribution in [2.75, 3.05) is 18.4 Å². The third-order valence-electron chi connectivity index (χ3n) is 5.70. The van der Waals surface area contributed by atoms with Gasteiger partial charge in [-0.15, -0.1) is 0 Å². The molecule has 0 saturated carbocycles. The largest absolute Gasteiger partial charge is 0.472 e. The number of carbonyl (C=O) groups excluding carboxylic acids is 1. The van der Waals surface area contributed by atoms with Crippen molar-refractivity contribution < 1.29 is 27.3 Å². The number of aromatic nitrogens is 2. The topological polar surface area (TPSA) is 114 Å². The van der Waals surface area contributed by atoms with Gasteiger partial charge in [0.25, 0.3) is 11.6 Å². The van der Waals surface area contributed by atoms with Crippen LogP contribution in [0.3, 0.4) is 0 Å². The second-order valence-corrected chi connectivity index (χ2v) is 8.34. The predicted molar refractivity (Wildman–Crippen MR) is 119 cm³/mol. The average molecular weight is 510 g/mol. The van der Waals surface area contributed by atoms with E-state index < -0.39 is 28.4 Å². The lowest BCUT2D eigenvalue weighted by Gasteiger charge is -2.20. The van der Waals surface area contributed by atoms with E-state index in [1.54, 1.807) is 17.9 Å². The highest BCUT2D eigenvalue weighted by molar-refractivity contribution is 6.28. The zero-order valence-corrected chi connectivity index (χ0v) is 19.1. The molecule has 0 fully saturated rings. The molecule has 2 aromatic heterocycles. The molecule has 1 N–H and O–H groups in total. The molecule has 3 aromatic rings. The molecule has 0 spiro atoms. The lowest BCUT2D eigenvalue weighted by atomic mass is 10.0. The van der Waals surface area contributed by atoms with E-state index in [1.165, 1.54) is 12.5 Å². The van der Waals surface area contributed by atoms with Crippen LogP contribution in [0.1, 0.15) is 45.7 Å². The van der Waals surface area contributed by atoms with E-state index in [-0.39, 0.29) is 16.8 Å². The van der Waals surface area contributed by atoms with Gasteiger partial charge in [-0.1, -0.05) is 0 Å². The number of hydrogen-bond acceptors (Lipinski definition) is 7. The van der Waals surface area contributed by atoms with Gasteiger partial charge >= 0.3 is 6.18 Å².